The van der Waals surface area contributed by atoms with Gasteiger partial charge in [0, 0.05) is 19.7 Å². The maximum atomic E-state index is 11.7. The largest absolute Gasteiger partial charge is 0.381 e. The van der Waals surface area contributed by atoms with Gasteiger partial charge in [0.2, 0.25) is 5.91 Å². The summed E-state index contributed by atoms with van der Waals surface area (Å²) in [5.41, 5.74) is 0. The molecule has 1 heterocycles. The van der Waals surface area contributed by atoms with Crippen LogP contribution in [0.15, 0.2) is 0 Å². The summed E-state index contributed by atoms with van der Waals surface area (Å²) in [5, 5.41) is 6.22. The van der Waals surface area contributed by atoms with Crippen LogP contribution in [0.5, 0.6) is 0 Å². The molecule has 0 radical (unpaired) electrons. The summed E-state index contributed by atoms with van der Waals surface area (Å²) < 4.78 is 5.41. The van der Waals surface area contributed by atoms with Crippen LogP contribution in [-0.4, -0.2) is 38.3 Å². The minimum Gasteiger partial charge on any atom is -0.381 e. The van der Waals surface area contributed by atoms with Gasteiger partial charge in [-0.2, -0.15) is 0 Å². The second-order valence-electron chi connectivity index (χ2n) is 5.35. The number of hydrogen-bond acceptors (Lipinski definition) is 3. The first-order chi connectivity index (χ1) is 8.09. The summed E-state index contributed by atoms with van der Waals surface area (Å²) >= 11 is 0. The van der Waals surface area contributed by atoms with Crippen molar-refractivity contribution >= 4 is 5.91 Å². The zero-order chi connectivity index (χ0) is 12.7. The van der Waals surface area contributed by atoms with Crippen molar-refractivity contribution in [3.8, 4) is 0 Å². The van der Waals surface area contributed by atoms with Crippen molar-refractivity contribution in [3.05, 3.63) is 0 Å². The van der Waals surface area contributed by atoms with Crippen molar-refractivity contribution in [2.24, 2.45) is 11.8 Å². The van der Waals surface area contributed by atoms with E-state index in [-0.39, 0.29) is 11.9 Å². The van der Waals surface area contributed by atoms with Crippen molar-refractivity contribution in [2.45, 2.75) is 39.7 Å². The number of nitrogens with one attached hydrogen (secondary N) is 2. The van der Waals surface area contributed by atoms with Crippen LogP contribution in [0.3, 0.4) is 0 Å². The molecule has 100 valence electrons. The van der Waals surface area contributed by atoms with Gasteiger partial charge in [-0.3, -0.25) is 4.79 Å². The Morgan fingerprint density at radius 1 is 1.41 bits per heavy atom. The number of carbonyl (C=O) groups excluding carboxylic acids is 1. The van der Waals surface area contributed by atoms with Gasteiger partial charge in [0.05, 0.1) is 12.6 Å². The van der Waals surface area contributed by atoms with Gasteiger partial charge in [0.1, 0.15) is 0 Å². The monoisotopic (exact) mass is 242 g/mol. The Morgan fingerprint density at radius 2 is 2.18 bits per heavy atom. The third-order valence-electron chi connectivity index (χ3n) is 3.05. The van der Waals surface area contributed by atoms with Gasteiger partial charge >= 0.3 is 0 Å². The highest BCUT2D eigenvalue weighted by Gasteiger charge is 2.17. The molecule has 2 N–H and O–H groups in total. The summed E-state index contributed by atoms with van der Waals surface area (Å²) in [5.74, 6) is 1.15. The molecule has 0 aliphatic carbocycles. The first-order valence-electron chi connectivity index (χ1n) is 6.68. The number of carbonyl (C=O) groups is 1. The van der Waals surface area contributed by atoms with Crippen LogP contribution < -0.4 is 10.6 Å². The molecule has 1 amide bonds. The molecule has 0 aromatic heterocycles. The average Bonchev–Trinajstić information content (AvgIpc) is 2.34. The summed E-state index contributed by atoms with van der Waals surface area (Å²) in [6.45, 7) is 9.44. The third kappa shape index (κ3) is 6.03. The Balaban J connectivity index is 2.14. The number of amides is 1. The lowest BCUT2D eigenvalue weighted by molar-refractivity contribution is -0.123. The van der Waals surface area contributed by atoms with E-state index in [0.717, 1.165) is 32.7 Å². The van der Waals surface area contributed by atoms with Crippen LogP contribution in [0.1, 0.15) is 33.6 Å². The molecule has 4 heteroatoms. The molecule has 1 rings (SSSR count). The molecule has 0 aromatic carbocycles. The summed E-state index contributed by atoms with van der Waals surface area (Å²) in [4.78, 5) is 11.7. The SMILES string of the molecule is CC(C)CNC(=O)C(C)NCC1CCCOC1. The molecular weight excluding hydrogens is 216 g/mol. The fourth-order valence-corrected chi connectivity index (χ4v) is 1.86. The Labute approximate surface area is 104 Å². The van der Waals surface area contributed by atoms with Gasteiger partial charge < -0.3 is 15.4 Å². The van der Waals surface area contributed by atoms with Crippen LogP contribution in [0.2, 0.25) is 0 Å². The molecule has 1 aliphatic rings. The topological polar surface area (TPSA) is 50.4 Å². The van der Waals surface area contributed by atoms with Crippen LogP contribution in [0.25, 0.3) is 0 Å². The smallest absolute Gasteiger partial charge is 0.236 e. The predicted molar refractivity (Wildman–Crippen MR) is 68.9 cm³/mol. The minimum absolute atomic E-state index is 0.0930. The second-order valence-corrected chi connectivity index (χ2v) is 5.35. The Bertz CT molecular complexity index is 225. The molecule has 2 atom stereocenters. The van der Waals surface area contributed by atoms with Gasteiger partial charge in [-0.05, 0) is 31.6 Å². The Morgan fingerprint density at radius 3 is 2.76 bits per heavy atom. The number of ether oxygens (including phenoxy) is 1. The van der Waals surface area contributed by atoms with Gasteiger partial charge in [-0.1, -0.05) is 13.8 Å². The average molecular weight is 242 g/mol. The quantitative estimate of drug-likeness (QED) is 0.735. The number of hydrogen-bond donors (Lipinski definition) is 2. The van der Waals surface area contributed by atoms with Crippen molar-refractivity contribution in [2.75, 3.05) is 26.3 Å². The highest BCUT2D eigenvalue weighted by atomic mass is 16.5. The van der Waals surface area contributed by atoms with Gasteiger partial charge in [0.15, 0.2) is 0 Å². The van der Waals surface area contributed by atoms with E-state index in [9.17, 15) is 4.79 Å². The van der Waals surface area contributed by atoms with E-state index >= 15 is 0 Å². The van der Waals surface area contributed by atoms with Crippen LogP contribution in [-0.2, 0) is 9.53 Å². The van der Waals surface area contributed by atoms with Crippen molar-refractivity contribution in [1.29, 1.82) is 0 Å². The van der Waals surface area contributed by atoms with E-state index in [4.69, 9.17) is 4.74 Å². The molecule has 0 saturated carbocycles. The fraction of sp³-hybridized carbons (Fsp3) is 0.923. The first kappa shape index (κ1) is 14.5. The lowest BCUT2D eigenvalue weighted by atomic mass is 10.0. The molecule has 0 spiro atoms. The zero-order valence-corrected chi connectivity index (χ0v) is 11.3. The summed E-state index contributed by atoms with van der Waals surface area (Å²) in [7, 11) is 0. The number of rotatable bonds is 6. The third-order valence-corrected chi connectivity index (χ3v) is 3.05. The molecule has 1 aliphatic heterocycles. The van der Waals surface area contributed by atoms with Crippen molar-refractivity contribution in [3.63, 3.8) is 0 Å². The second kappa shape index (κ2) is 7.67. The van der Waals surface area contributed by atoms with E-state index in [1.807, 2.05) is 6.92 Å². The van der Waals surface area contributed by atoms with E-state index in [0.29, 0.717) is 11.8 Å². The Kier molecular flexibility index (Phi) is 6.52. The minimum atomic E-state index is -0.115. The van der Waals surface area contributed by atoms with Crippen LogP contribution >= 0.6 is 0 Å². The summed E-state index contributed by atoms with van der Waals surface area (Å²) in [6.07, 6.45) is 2.34. The molecule has 0 bridgehead atoms. The van der Waals surface area contributed by atoms with E-state index in [1.165, 1.54) is 6.42 Å². The first-order valence-corrected chi connectivity index (χ1v) is 6.68. The molecule has 1 saturated heterocycles. The van der Waals surface area contributed by atoms with E-state index < -0.39 is 0 Å². The fourth-order valence-electron chi connectivity index (χ4n) is 1.86. The van der Waals surface area contributed by atoms with Gasteiger partial charge in [-0.15, -0.1) is 0 Å². The standard InChI is InChI=1S/C13H26N2O2/c1-10(2)7-15-13(16)11(3)14-8-12-5-4-6-17-9-12/h10-12,14H,4-9H2,1-3H3,(H,15,16). The molecule has 2 unspecified atom stereocenters. The van der Waals surface area contributed by atoms with Crippen LogP contribution in [0, 0.1) is 11.8 Å². The lowest BCUT2D eigenvalue weighted by Gasteiger charge is -2.24. The van der Waals surface area contributed by atoms with Crippen LogP contribution in [0.4, 0.5) is 0 Å². The maximum Gasteiger partial charge on any atom is 0.236 e. The van der Waals surface area contributed by atoms with Gasteiger partial charge in [-0.25, -0.2) is 0 Å². The molecule has 17 heavy (non-hydrogen) atoms. The van der Waals surface area contributed by atoms with Crippen molar-refractivity contribution in [1.82, 2.24) is 10.6 Å². The van der Waals surface area contributed by atoms with E-state index in [2.05, 4.69) is 24.5 Å². The van der Waals surface area contributed by atoms with Crippen molar-refractivity contribution < 1.29 is 9.53 Å². The molecule has 0 aromatic rings. The Hall–Kier alpha value is -0.610. The highest BCUT2D eigenvalue weighted by molar-refractivity contribution is 5.81. The predicted octanol–water partition coefficient (Wildman–Crippen LogP) is 1.16. The molecule has 4 nitrogen and oxygen atoms in total. The zero-order valence-electron chi connectivity index (χ0n) is 11.3. The normalized spacial score (nSPS) is 22.5. The molecule has 1 fully saturated rings. The van der Waals surface area contributed by atoms with Gasteiger partial charge in [0.25, 0.3) is 0 Å². The summed E-state index contributed by atoms with van der Waals surface area (Å²) in [6, 6.07) is -0.115. The highest BCUT2D eigenvalue weighted by Crippen LogP contribution is 2.12. The maximum absolute atomic E-state index is 11.7. The lowest BCUT2D eigenvalue weighted by Crippen LogP contribution is -2.45. The molecular formula is C13H26N2O2. The van der Waals surface area contributed by atoms with E-state index in [1.54, 1.807) is 0 Å².